The van der Waals surface area contributed by atoms with Crippen LogP contribution in [0.4, 0.5) is 57.5 Å². The summed E-state index contributed by atoms with van der Waals surface area (Å²) in [6.45, 7) is 1.92. The molecule has 0 unspecified atom stereocenters. The first-order valence-electron chi connectivity index (χ1n) is 35.0. The van der Waals surface area contributed by atoms with Crippen LogP contribution in [0.2, 0.25) is 5.15 Å². The Kier molecular flexibility index (Phi) is 28.6. The number of alkyl halides is 1. The number of halogens is 2. The number of hydrogen-bond donors (Lipinski definition) is 7. The van der Waals surface area contributed by atoms with Gasteiger partial charge in [-0.15, -0.1) is 0 Å². The number of rotatable bonds is 19. The average Bonchev–Trinajstić information content (AvgIpc) is 1.62. The number of carbonyl (C=O) groups excluding carboxylic acids is 8. The van der Waals surface area contributed by atoms with Crippen molar-refractivity contribution in [1.29, 1.82) is 0 Å². The van der Waals surface area contributed by atoms with E-state index in [2.05, 4.69) is 82.9 Å². The molecule has 0 spiro atoms. The monoisotopic (exact) mass is 1650 g/mol. The maximum Gasteiger partial charge on any atom is 0.338 e. The maximum absolute atomic E-state index is 12.1. The number of nitro benzene ring substituents is 2. The first-order valence-corrected chi connectivity index (χ1v) is 36.5. The zero-order chi connectivity index (χ0) is 82.9. The van der Waals surface area contributed by atoms with E-state index in [1.54, 1.807) is 113 Å². The fourth-order valence-corrected chi connectivity index (χ4v) is 12.8. The molecule has 7 heterocycles. The molecule has 15 rings (SSSR count). The standard InChI is InChI=1S/2C18H19N5O3.C10H10BrNO5.C10H10N2O4.C10H12N2O2.C8H8ClN3O.CH5N/c2*1-23-8-12-11(18(23)25)5-6-13(16(12)26-2)21-14-7-15(20-9-19-14)22-17(24)10-3-4-10;1-16-9-7(5-11)6(10(13)17-2)3-4-8(9)12(14)15;1-11-5-7-6(10(11)13)3-4-8(12(14)15)9(7)16-2;1-12-5-7-6(10(12)13)3-4-8(11)9(7)14-2;9-6-3-7(11-4-10-6)12-8(13)5-1-2-5;1-2/h2*5-7,9-10H,3-4,8H2,1-2H3,(H2,19,20,21,22,24);3-4H,5H2,1-2H3;3-4H,5H2,1-2H3;3-4H,5,11H2,1-2H3;3-5H,1-2H2,(H,10,11,12,13);2H2,1H3. The number of amides is 7. The quantitative estimate of drug-likeness (QED) is 0.00988. The number of benzene rings is 5. The summed E-state index contributed by atoms with van der Waals surface area (Å²) in [5.74, 6) is 4.22. The summed E-state index contributed by atoms with van der Waals surface area (Å²) in [7, 11) is 17.1. The zero-order valence-electron chi connectivity index (χ0n) is 63.9. The zero-order valence-corrected chi connectivity index (χ0v) is 66.2. The highest BCUT2D eigenvalue weighted by Crippen LogP contribution is 2.43. The molecule has 114 heavy (non-hydrogen) atoms. The number of aromatic nitrogens is 6. The minimum atomic E-state index is -0.563. The van der Waals surface area contributed by atoms with Crippen molar-refractivity contribution >= 4 is 132 Å². The van der Waals surface area contributed by atoms with Crippen molar-refractivity contribution in [3.63, 3.8) is 0 Å². The summed E-state index contributed by atoms with van der Waals surface area (Å²) in [5.41, 5.74) is 18.2. The molecule has 3 aliphatic carbocycles. The molecule has 3 aromatic heterocycles. The van der Waals surface area contributed by atoms with Crippen LogP contribution in [0.15, 0.2) is 97.8 Å². The van der Waals surface area contributed by atoms with E-state index >= 15 is 0 Å². The normalized spacial score (nSPS) is 14.1. The minimum Gasteiger partial charge on any atom is -0.494 e. The molecule has 4 aliphatic heterocycles. The summed E-state index contributed by atoms with van der Waals surface area (Å²) < 4.78 is 30.9. The molecule has 39 heteroatoms. The average molecular weight is 1650 g/mol. The third-order valence-electron chi connectivity index (χ3n) is 18.2. The molecule has 7 amide bonds. The summed E-state index contributed by atoms with van der Waals surface area (Å²) in [4.78, 5) is 145. The summed E-state index contributed by atoms with van der Waals surface area (Å²) >= 11 is 8.79. The van der Waals surface area contributed by atoms with Crippen LogP contribution in [0.3, 0.4) is 0 Å². The Labute approximate surface area is 666 Å². The van der Waals surface area contributed by atoms with Crippen LogP contribution < -0.4 is 61.7 Å². The Morgan fingerprint density at radius 2 is 0.798 bits per heavy atom. The molecular weight excluding hydrogens is 1570 g/mol. The fourth-order valence-electron chi connectivity index (χ4n) is 12.1. The van der Waals surface area contributed by atoms with Gasteiger partial charge in [-0.2, -0.15) is 0 Å². The molecule has 0 saturated heterocycles. The molecule has 37 nitrogen and oxygen atoms in total. The van der Waals surface area contributed by atoms with Crippen molar-refractivity contribution in [2.75, 3.05) is 110 Å². The summed E-state index contributed by atoms with van der Waals surface area (Å²) in [5, 5.41) is 36.8. The van der Waals surface area contributed by atoms with E-state index in [4.69, 9.17) is 41.0 Å². The molecule has 600 valence electrons. The Morgan fingerprint density at radius 3 is 1.15 bits per heavy atom. The van der Waals surface area contributed by atoms with Gasteiger partial charge >= 0.3 is 17.3 Å². The molecule has 0 bridgehead atoms. The summed E-state index contributed by atoms with van der Waals surface area (Å²) in [6, 6.07) is 20.8. The van der Waals surface area contributed by atoms with E-state index in [1.807, 2.05) is 0 Å². The predicted octanol–water partition coefficient (Wildman–Crippen LogP) is 9.72. The molecule has 0 radical (unpaired) electrons. The van der Waals surface area contributed by atoms with Gasteiger partial charge < -0.3 is 86.1 Å². The Hall–Kier alpha value is -13.0. The first kappa shape index (κ1) is 85.0. The van der Waals surface area contributed by atoms with E-state index in [-0.39, 0.29) is 92.9 Å². The number of carbonyl (C=O) groups is 8. The second kappa shape index (κ2) is 38.3. The highest BCUT2D eigenvalue weighted by molar-refractivity contribution is 9.08. The number of nitrogens with two attached hydrogens (primary N) is 2. The lowest BCUT2D eigenvalue weighted by Crippen LogP contribution is -2.17. The number of nitro groups is 2. The molecular formula is C75H83BrClN19O18. The lowest BCUT2D eigenvalue weighted by atomic mass is 10.1. The van der Waals surface area contributed by atoms with E-state index in [9.17, 15) is 58.6 Å². The van der Waals surface area contributed by atoms with Gasteiger partial charge in [-0.3, -0.25) is 53.8 Å². The molecule has 8 aromatic rings. The van der Waals surface area contributed by atoms with Gasteiger partial charge in [0, 0.05) is 132 Å². The first-order chi connectivity index (χ1) is 54.6. The van der Waals surface area contributed by atoms with Crippen LogP contribution in [-0.4, -0.2) is 185 Å². The topological polar surface area (TPSA) is 481 Å². The highest BCUT2D eigenvalue weighted by Gasteiger charge is 2.36. The van der Waals surface area contributed by atoms with Gasteiger partial charge in [0.05, 0.1) is 101 Å². The third-order valence-corrected chi connectivity index (χ3v) is 19.0. The number of ether oxygens (including phenoxy) is 6. The number of fused-ring (bicyclic) bond motifs is 4. The Balaban J connectivity index is 0.000000159. The highest BCUT2D eigenvalue weighted by atomic mass is 79.9. The Morgan fingerprint density at radius 1 is 0.474 bits per heavy atom. The van der Waals surface area contributed by atoms with Gasteiger partial charge in [0.25, 0.3) is 23.6 Å². The van der Waals surface area contributed by atoms with Crippen molar-refractivity contribution in [3.05, 3.63) is 179 Å². The minimum absolute atomic E-state index is 0.00805. The van der Waals surface area contributed by atoms with Crippen LogP contribution in [0.1, 0.15) is 118 Å². The molecule has 0 atom stereocenters. The second-order valence-electron chi connectivity index (χ2n) is 26.0. The van der Waals surface area contributed by atoms with Gasteiger partial charge in [-0.25, -0.2) is 34.7 Å². The number of nitrogens with one attached hydrogen (secondary N) is 5. The Bertz CT molecular complexity index is 4880. The SMILES string of the molecule is CN.COC(=O)c1ccc([N+](=O)[O-])c(OC)c1CBr.COc1c(N)ccc2c1CN(C)C2=O.COc1c(Nc2cc(NC(=O)C3CC3)ncn2)ccc2c1CN(C)C2=O.COc1c(Nc2cc(NC(=O)C3CC3)ncn2)ccc2c1CN(C)C2=O.COc1c([N+](=O)[O-])ccc2c1CN(C)C2=O.O=C(Nc1cc(Cl)ncn1)C1CC1. The van der Waals surface area contributed by atoms with Crippen LogP contribution in [0.25, 0.3) is 0 Å². The largest absolute Gasteiger partial charge is 0.494 e. The molecule has 9 N–H and O–H groups in total. The molecule has 3 fully saturated rings. The maximum atomic E-state index is 12.1. The van der Waals surface area contributed by atoms with Crippen LogP contribution in [0, 0.1) is 38.0 Å². The molecule has 3 saturated carbocycles. The van der Waals surface area contributed by atoms with Crippen LogP contribution in [-0.2, 0) is 50.6 Å². The lowest BCUT2D eigenvalue weighted by Gasteiger charge is -2.14. The number of hydrogen-bond acceptors (Lipinski definition) is 28. The van der Waals surface area contributed by atoms with Crippen molar-refractivity contribution in [3.8, 4) is 28.7 Å². The van der Waals surface area contributed by atoms with E-state index in [0.717, 1.165) is 55.2 Å². The van der Waals surface area contributed by atoms with Crippen LogP contribution >= 0.6 is 27.5 Å². The number of esters is 1. The van der Waals surface area contributed by atoms with E-state index in [1.165, 1.54) is 82.6 Å². The van der Waals surface area contributed by atoms with Gasteiger partial charge in [0.1, 0.15) is 70.5 Å². The van der Waals surface area contributed by atoms with Crippen molar-refractivity contribution in [2.24, 2.45) is 23.5 Å². The second-order valence-corrected chi connectivity index (χ2v) is 26.9. The van der Waals surface area contributed by atoms with E-state index in [0.29, 0.717) is 128 Å². The number of nitrogen functional groups attached to an aromatic ring is 1. The number of methoxy groups -OCH3 is 6. The van der Waals surface area contributed by atoms with E-state index < -0.39 is 15.8 Å². The van der Waals surface area contributed by atoms with Crippen molar-refractivity contribution in [1.82, 2.24) is 49.5 Å². The smallest absolute Gasteiger partial charge is 0.338 e. The van der Waals surface area contributed by atoms with Crippen molar-refractivity contribution in [2.45, 2.75) is 70.0 Å². The lowest BCUT2D eigenvalue weighted by molar-refractivity contribution is -0.386. The molecule has 7 aliphatic rings. The predicted molar refractivity (Wildman–Crippen MR) is 422 cm³/mol. The van der Waals surface area contributed by atoms with Gasteiger partial charge in [-0.1, -0.05) is 27.5 Å². The van der Waals surface area contributed by atoms with Gasteiger partial charge in [0.2, 0.25) is 29.2 Å². The van der Waals surface area contributed by atoms with Crippen LogP contribution in [0.5, 0.6) is 28.7 Å². The third kappa shape index (κ3) is 20.2. The number of nitrogens with zero attached hydrogens (tertiary/aromatic N) is 12. The van der Waals surface area contributed by atoms with Gasteiger partial charge in [0.15, 0.2) is 0 Å². The number of anilines is 8. The van der Waals surface area contributed by atoms with Gasteiger partial charge in [-0.05, 0) is 94.1 Å². The molecule has 5 aromatic carbocycles. The fraction of sp³-hybridized carbons (Fsp3) is 0.333. The summed E-state index contributed by atoms with van der Waals surface area (Å²) in [6.07, 6.45) is 9.79. The van der Waals surface area contributed by atoms with Crippen molar-refractivity contribution < 1.29 is 76.6 Å².